The molecule has 0 saturated carbocycles. The minimum absolute atomic E-state index is 0.495. The SMILES string of the molecule is Cc1ccc2oc(C(O)c3ccncn3)cc2c1. The quantitative estimate of drug-likeness (QED) is 0.748. The topological polar surface area (TPSA) is 59.2 Å². The molecule has 3 aromatic rings. The standard InChI is InChI=1S/C14H12N2O2/c1-9-2-3-12-10(6-9)7-13(18-12)14(17)11-4-5-15-8-16-11/h2-8,14,17H,1H3. The van der Waals surface area contributed by atoms with Crippen LogP contribution in [-0.2, 0) is 0 Å². The molecule has 3 rings (SSSR count). The van der Waals surface area contributed by atoms with E-state index in [0.717, 1.165) is 16.5 Å². The first-order valence-corrected chi connectivity index (χ1v) is 5.68. The highest BCUT2D eigenvalue weighted by atomic mass is 16.4. The van der Waals surface area contributed by atoms with Gasteiger partial charge in [-0.25, -0.2) is 9.97 Å². The van der Waals surface area contributed by atoms with Crippen LogP contribution in [0.15, 0.2) is 47.3 Å². The molecule has 1 atom stereocenters. The summed E-state index contributed by atoms with van der Waals surface area (Å²) in [5.41, 5.74) is 2.45. The first-order chi connectivity index (χ1) is 8.74. The van der Waals surface area contributed by atoms with Gasteiger partial charge in [0.25, 0.3) is 0 Å². The molecule has 2 heterocycles. The van der Waals surface area contributed by atoms with E-state index in [4.69, 9.17) is 4.42 Å². The van der Waals surface area contributed by atoms with Crippen LogP contribution in [0.2, 0.25) is 0 Å². The number of aliphatic hydroxyl groups is 1. The third-order valence-electron chi connectivity index (χ3n) is 2.85. The van der Waals surface area contributed by atoms with Crippen molar-refractivity contribution in [1.29, 1.82) is 0 Å². The van der Waals surface area contributed by atoms with E-state index in [0.29, 0.717) is 11.5 Å². The molecule has 0 amide bonds. The third kappa shape index (κ3) is 1.87. The number of hydrogen-bond acceptors (Lipinski definition) is 4. The zero-order chi connectivity index (χ0) is 12.5. The summed E-state index contributed by atoms with van der Waals surface area (Å²) >= 11 is 0. The van der Waals surface area contributed by atoms with Gasteiger partial charge in [0.1, 0.15) is 17.7 Å². The van der Waals surface area contributed by atoms with Crippen molar-refractivity contribution in [2.75, 3.05) is 0 Å². The van der Waals surface area contributed by atoms with Gasteiger partial charge in [-0.05, 0) is 31.2 Å². The number of benzene rings is 1. The van der Waals surface area contributed by atoms with Crippen LogP contribution in [-0.4, -0.2) is 15.1 Å². The van der Waals surface area contributed by atoms with Crippen LogP contribution in [0.3, 0.4) is 0 Å². The summed E-state index contributed by atoms with van der Waals surface area (Å²) in [5, 5.41) is 11.2. The number of fused-ring (bicyclic) bond motifs is 1. The first kappa shape index (κ1) is 10.9. The predicted molar refractivity (Wildman–Crippen MR) is 67.0 cm³/mol. The van der Waals surface area contributed by atoms with Crippen LogP contribution in [0.1, 0.15) is 23.1 Å². The maximum absolute atomic E-state index is 10.2. The molecule has 90 valence electrons. The monoisotopic (exact) mass is 240 g/mol. The lowest BCUT2D eigenvalue weighted by Gasteiger charge is -2.05. The fourth-order valence-electron chi connectivity index (χ4n) is 1.93. The lowest BCUT2D eigenvalue weighted by molar-refractivity contribution is 0.187. The fraction of sp³-hybridized carbons (Fsp3) is 0.143. The molecule has 1 N–H and O–H groups in total. The highest BCUT2D eigenvalue weighted by Crippen LogP contribution is 2.27. The highest BCUT2D eigenvalue weighted by molar-refractivity contribution is 5.78. The number of aromatic nitrogens is 2. The van der Waals surface area contributed by atoms with Crippen LogP contribution < -0.4 is 0 Å². The Bertz CT molecular complexity index is 677. The Morgan fingerprint density at radius 1 is 1.22 bits per heavy atom. The summed E-state index contributed by atoms with van der Waals surface area (Å²) in [6.07, 6.45) is 2.14. The van der Waals surface area contributed by atoms with E-state index in [1.54, 1.807) is 12.3 Å². The van der Waals surface area contributed by atoms with E-state index >= 15 is 0 Å². The lowest BCUT2D eigenvalue weighted by Crippen LogP contribution is -2.00. The van der Waals surface area contributed by atoms with Crippen molar-refractivity contribution in [1.82, 2.24) is 9.97 Å². The van der Waals surface area contributed by atoms with Crippen molar-refractivity contribution in [3.8, 4) is 0 Å². The number of rotatable bonds is 2. The molecular formula is C14H12N2O2. The van der Waals surface area contributed by atoms with E-state index in [9.17, 15) is 5.11 Å². The van der Waals surface area contributed by atoms with Crippen molar-refractivity contribution < 1.29 is 9.52 Å². The van der Waals surface area contributed by atoms with Crippen molar-refractivity contribution >= 4 is 11.0 Å². The molecule has 0 radical (unpaired) electrons. The molecule has 0 aliphatic rings. The number of hydrogen-bond donors (Lipinski definition) is 1. The summed E-state index contributed by atoms with van der Waals surface area (Å²) in [6.45, 7) is 2.02. The second-order valence-corrected chi connectivity index (χ2v) is 4.23. The van der Waals surface area contributed by atoms with Gasteiger partial charge in [0, 0.05) is 11.6 Å². The van der Waals surface area contributed by atoms with Crippen molar-refractivity contribution in [2.24, 2.45) is 0 Å². The van der Waals surface area contributed by atoms with E-state index in [1.807, 2.05) is 31.2 Å². The van der Waals surface area contributed by atoms with Gasteiger partial charge in [-0.1, -0.05) is 11.6 Å². The lowest BCUT2D eigenvalue weighted by atomic mass is 10.1. The number of aryl methyl sites for hydroxylation is 1. The van der Waals surface area contributed by atoms with Gasteiger partial charge in [-0.15, -0.1) is 0 Å². The molecule has 0 fully saturated rings. The van der Waals surface area contributed by atoms with Gasteiger partial charge in [-0.2, -0.15) is 0 Å². The summed E-state index contributed by atoms with van der Waals surface area (Å²) in [4.78, 5) is 7.84. The Morgan fingerprint density at radius 2 is 2.11 bits per heavy atom. The zero-order valence-electron chi connectivity index (χ0n) is 9.87. The Morgan fingerprint density at radius 3 is 2.89 bits per heavy atom. The van der Waals surface area contributed by atoms with Crippen LogP contribution >= 0.6 is 0 Å². The van der Waals surface area contributed by atoms with Gasteiger partial charge in [0.2, 0.25) is 0 Å². The number of aliphatic hydroxyl groups excluding tert-OH is 1. The second-order valence-electron chi connectivity index (χ2n) is 4.23. The van der Waals surface area contributed by atoms with E-state index in [1.165, 1.54) is 6.33 Å². The van der Waals surface area contributed by atoms with Crippen molar-refractivity contribution in [3.63, 3.8) is 0 Å². The maximum atomic E-state index is 10.2. The maximum Gasteiger partial charge on any atom is 0.154 e. The largest absolute Gasteiger partial charge is 0.458 e. The summed E-state index contributed by atoms with van der Waals surface area (Å²) in [6, 6.07) is 9.42. The predicted octanol–water partition coefficient (Wildman–Crippen LogP) is 2.61. The average Bonchev–Trinajstić information content (AvgIpc) is 2.81. The van der Waals surface area contributed by atoms with Gasteiger partial charge >= 0.3 is 0 Å². The van der Waals surface area contributed by atoms with Gasteiger partial charge < -0.3 is 9.52 Å². The molecule has 0 bridgehead atoms. The number of nitrogens with zero attached hydrogens (tertiary/aromatic N) is 2. The summed E-state index contributed by atoms with van der Waals surface area (Å²) < 4.78 is 5.63. The molecular weight excluding hydrogens is 228 g/mol. The molecule has 0 aliphatic heterocycles. The Kier molecular flexibility index (Phi) is 2.57. The Hall–Kier alpha value is -2.20. The smallest absolute Gasteiger partial charge is 0.154 e. The minimum atomic E-state index is -0.860. The molecule has 0 saturated heterocycles. The second kappa shape index (κ2) is 4.23. The van der Waals surface area contributed by atoms with Crippen LogP contribution in [0.5, 0.6) is 0 Å². The molecule has 18 heavy (non-hydrogen) atoms. The number of furan rings is 1. The Balaban J connectivity index is 2.04. The molecule has 2 aromatic heterocycles. The summed E-state index contributed by atoms with van der Waals surface area (Å²) in [5.74, 6) is 0.495. The van der Waals surface area contributed by atoms with Crippen LogP contribution in [0.25, 0.3) is 11.0 Å². The fourth-order valence-corrected chi connectivity index (χ4v) is 1.93. The molecule has 4 heteroatoms. The van der Waals surface area contributed by atoms with E-state index in [2.05, 4.69) is 9.97 Å². The summed E-state index contributed by atoms with van der Waals surface area (Å²) in [7, 11) is 0. The Labute approximate surface area is 104 Å². The third-order valence-corrected chi connectivity index (χ3v) is 2.85. The molecule has 0 spiro atoms. The van der Waals surface area contributed by atoms with Gasteiger partial charge in [0.05, 0.1) is 5.69 Å². The van der Waals surface area contributed by atoms with E-state index < -0.39 is 6.10 Å². The van der Waals surface area contributed by atoms with Crippen LogP contribution in [0.4, 0.5) is 0 Å². The highest BCUT2D eigenvalue weighted by Gasteiger charge is 2.16. The molecule has 1 unspecified atom stereocenters. The normalized spacial score (nSPS) is 12.8. The zero-order valence-corrected chi connectivity index (χ0v) is 9.87. The first-order valence-electron chi connectivity index (χ1n) is 5.68. The van der Waals surface area contributed by atoms with Gasteiger partial charge in [-0.3, -0.25) is 0 Å². The van der Waals surface area contributed by atoms with Gasteiger partial charge in [0.15, 0.2) is 6.10 Å². The van der Waals surface area contributed by atoms with E-state index in [-0.39, 0.29) is 0 Å². The average molecular weight is 240 g/mol. The van der Waals surface area contributed by atoms with Crippen LogP contribution in [0, 0.1) is 6.92 Å². The van der Waals surface area contributed by atoms with Crippen molar-refractivity contribution in [3.05, 3.63) is 59.9 Å². The minimum Gasteiger partial charge on any atom is -0.458 e. The van der Waals surface area contributed by atoms with Crippen molar-refractivity contribution in [2.45, 2.75) is 13.0 Å². The molecule has 1 aromatic carbocycles. The molecule has 0 aliphatic carbocycles. The molecule has 4 nitrogen and oxygen atoms in total.